The van der Waals surface area contributed by atoms with Gasteiger partial charge in [-0.15, -0.1) is 0 Å². The summed E-state index contributed by atoms with van der Waals surface area (Å²) in [6.45, 7) is -4.05. The Balaban J connectivity index is 1.84. The van der Waals surface area contributed by atoms with Gasteiger partial charge in [-0.25, -0.2) is 0 Å². The monoisotopic (exact) mass is 618 g/mol. The standard InChI is InChI=1S/C34H35O9P/c35-27-12-6-24(7-13-27)34(25-8-14-28(36)15-9-25)26-10-16-29(17-11-26)43-44(21-18-31(37)38,22-19-32(39)40,23-20-33(41)42)30-4-2-1-3-5-30/h1-17,34-36H,18-23H2,(H,37,38)(H,39,40)(H,41,42). The first-order chi connectivity index (χ1) is 21.0. The first kappa shape index (κ1) is 32.0. The molecule has 0 aliphatic rings. The molecule has 0 saturated carbocycles. The summed E-state index contributed by atoms with van der Waals surface area (Å²) >= 11 is 0. The van der Waals surface area contributed by atoms with Gasteiger partial charge in [0.15, 0.2) is 0 Å². The van der Waals surface area contributed by atoms with E-state index in [0.717, 1.165) is 16.7 Å². The van der Waals surface area contributed by atoms with Gasteiger partial charge >= 0.3 is 255 Å². The van der Waals surface area contributed by atoms with Crippen molar-refractivity contribution in [3.63, 3.8) is 0 Å². The summed E-state index contributed by atoms with van der Waals surface area (Å²) in [6.07, 6.45) is -1.07. The van der Waals surface area contributed by atoms with Crippen molar-refractivity contribution < 1.29 is 44.4 Å². The zero-order chi connectivity index (χ0) is 31.8. The van der Waals surface area contributed by atoms with E-state index < -0.39 is 24.7 Å². The number of aliphatic carboxylic acids is 3. The number of carbonyl (C=O) groups is 3. The average Bonchev–Trinajstić information content (AvgIpc) is 3.01. The van der Waals surface area contributed by atoms with Gasteiger partial charge in [0.05, 0.1) is 0 Å². The maximum absolute atomic E-state index is 11.9. The van der Waals surface area contributed by atoms with Gasteiger partial charge < -0.3 is 0 Å². The van der Waals surface area contributed by atoms with Crippen LogP contribution in [0.2, 0.25) is 0 Å². The van der Waals surface area contributed by atoms with Crippen LogP contribution < -0.4 is 9.83 Å². The molecule has 0 bridgehead atoms. The van der Waals surface area contributed by atoms with E-state index in [1.54, 1.807) is 66.7 Å². The van der Waals surface area contributed by atoms with Crippen LogP contribution in [0.3, 0.4) is 0 Å². The van der Waals surface area contributed by atoms with E-state index in [-0.39, 0.29) is 55.2 Å². The molecule has 0 radical (unpaired) electrons. The molecule has 4 aromatic rings. The molecular weight excluding hydrogens is 583 g/mol. The van der Waals surface area contributed by atoms with Crippen LogP contribution >= 0.6 is 6.83 Å². The van der Waals surface area contributed by atoms with Gasteiger partial charge in [-0.3, -0.25) is 0 Å². The van der Waals surface area contributed by atoms with Crippen molar-refractivity contribution in [2.45, 2.75) is 25.2 Å². The summed E-state index contributed by atoms with van der Waals surface area (Å²) in [7, 11) is 0. The molecule has 5 N–H and O–H groups in total. The zero-order valence-electron chi connectivity index (χ0n) is 24.0. The van der Waals surface area contributed by atoms with E-state index in [2.05, 4.69) is 0 Å². The Hall–Kier alpha value is -4.88. The number of aromatic hydroxyl groups is 2. The van der Waals surface area contributed by atoms with Gasteiger partial charge in [0.1, 0.15) is 0 Å². The molecule has 0 atom stereocenters. The normalized spacial score (nSPS) is 12.2. The molecule has 4 rings (SSSR count). The Kier molecular flexibility index (Phi) is 9.91. The molecule has 0 fully saturated rings. The van der Waals surface area contributed by atoms with Crippen LogP contribution in [0.25, 0.3) is 0 Å². The Morgan fingerprint density at radius 3 is 1.27 bits per heavy atom. The summed E-state index contributed by atoms with van der Waals surface area (Å²) in [5.74, 6) is -2.94. The third-order valence-corrected chi connectivity index (χ3v) is 14.0. The number of phenols is 2. The van der Waals surface area contributed by atoms with E-state index in [0.29, 0.717) is 11.1 Å². The first-order valence-electron chi connectivity index (χ1n) is 14.1. The molecule has 0 saturated heterocycles. The molecule has 0 aliphatic heterocycles. The summed E-state index contributed by atoms with van der Waals surface area (Å²) in [4.78, 5) is 35.6. The van der Waals surface area contributed by atoms with Gasteiger partial charge in [0.2, 0.25) is 0 Å². The second kappa shape index (κ2) is 13.6. The second-order valence-electron chi connectivity index (χ2n) is 10.8. The predicted octanol–water partition coefficient (Wildman–Crippen LogP) is 5.87. The number of rotatable bonds is 15. The molecular formula is C34H35O9P. The molecule has 0 aromatic heterocycles. The Morgan fingerprint density at radius 1 is 0.545 bits per heavy atom. The van der Waals surface area contributed by atoms with Gasteiger partial charge in [-0.1, -0.05) is 0 Å². The van der Waals surface area contributed by atoms with Crippen molar-refractivity contribution >= 4 is 30.0 Å². The quantitative estimate of drug-likeness (QED) is 0.0810. The number of carboxylic acid groups (broad SMARTS) is 3. The van der Waals surface area contributed by atoms with Crippen LogP contribution in [0.1, 0.15) is 41.9 Å². The van der Waals surface area contributed by atoms with Crippen LogP contribution in [-0.4, -0.2) is 61.9 Å². The molecule has 230 valence electrons. The molecule has 9 nitrogen and oxygen atoms in total. The molecule has 0 amide bonds. The van der Waals surface area contributed by atoms with Crippen LogP contribution in [0.15, 0.2) is 103 Å². The van der Waals surface area contributed by atoms with E-state index >= 15 is 0 Å². The fourth-order valence-electron chi connectivity index (χ4n) is 5.69. The third-order valence-electron chi connectivity index (χ3n) is 7.96. The Bertz CT molecular complexity index is 1490. The number of carboxylic acids is 3. The van der Waals surface area contributed by atoms with Crippen LogP contribution in [0.4, 0.5) is 0 Å². The number of phenolic OH excluding ortho intramolecular Hbond substituents is 2. The van der Waals surface area contributed by atoms with Crippen molar-refractivity contribution in [3.05, 3.63) is 120 Å². The zero-order valence-corrected chi connectivity index (χ0v) is 24.8. The summed E-state index contributed by atoms with van der Waals surface area (Å²) in [6, 6.07) is 29.6. The van der Waals surface area contributed by atoms with Crippen molar-refractivity contribution in [3.8, 4) is 17.2 Å². The number of hydrogen-bond acceptors (Lipinski definition) is 6. The molecule has 44 heavy (non-hydrogen) atoms. The maximum atomic E-state index is 11.9. The van der Waals surface area contributed by atoms with Gasteiger partial charge in [-0.05, 0) is 0 Å². The number of hydrogen-bond donors (Lipinski definition) is 5. The van der Waals surface area contributed by atoms with Crippen molar-refractivity contribution in [1.29, 1.82) is 0 Å². The van der Waals surface area contributed by atoms with Crippen molar-refractivity contribution in [1.82, 2.24) is 0 Å². The number of benzene rings is 4. The van der Waals surface area contributed by atoms with E-state index in [1.807, 2.05) is 36.4 Å². The molecule has 0 heterocycles. The topological polar surface area (TPSA) is 162 Å². The van der Waals surface area contributed by atoms with Crippen molar-refractivity contribution in [2.75, 3.05) is 18.5 Å². The molecule has 4 aromatic carbocycles. The minimum atomic E-state index is -4.05. The molecule has 0 spiro atoms. The van der Waals surface area contributed by atoms with Gasteiger partial charge in [-0.2, -0.15) is 0 Å². The Morgan fingerprint density at radius 2 is 0.909 bits per heavy atom. The van der Waals surface area contributed by atoms with Gasteiger partial charge in [0, 0.05) is 0 Å². The molecule has 0 unspecified atom stereocenters. The first-order valence-corrected chi connectivity index (χ1v) is 16.8. The summed E-state index contributed by atoms with van der Waals surface area (Å²) in [5, 5.41) is 49.5. The van der Waals surface area contributed by atoms with Crippen LogP contribution in [0.5, 0.6) is 17.2 Å². The van der Waals surface area contributed by atoms with Crippen molar-refractivity contribution in [2.24, 2.45) is 0 Å². The molecule has 0 aliphatic carbocycles. The fourth-order valence-corrected chi connectivity index (χ4v) is 11.2. The fraction of sp³-hybridized carbons (Fsp3) is 0.206. The SMILES string of the molecule is O=C(O)CCP(CCC(=O)O)(CCC(=O)O)(Oc1ccc(C(c2ccc(O)cc2)c2ccc(O)cc2)cc1)c1ccccc1. The van der Waals surface area contributed by atoms with E-state index in [9.17, 15) is 39.9 Å². The van der Waals surface area contributed by atoms with Crippen LogP contribution in [0, 0.1) is 0 Å². The van der Waals surface area contributed by atoms with Crippen LogP contribution in [-0.2, 0) is 14.4 Å². The minimum absolute atomic E-state index is 0.0309. The predicted molar refractivity (Wildman–Crippen MR) is 169 cm³/mol. The van der Waals surface area contributed by atoms with E-state index in [4.69, 9.17) is 4.52 Å². The van der Waals surface area contributed by atoms with E-state index in [1.165, 1.54) is 0 Å². The van der Waals surface area contributed by atoms with Gasteiger partial charge in [0.25, 0.3) is 0 Å². The second-order valence-corrected chi connectivity index (χ2v) is 16.1. The third kappa shape index (κ3) is 7.54. The summed E-state index contributed by atoms with van der Waals surface area (Å²) in [5.41, 5.74) is 2.63. The summed E-state index contributed by atoms with van der Waals surface area (Å²) < 4.78 is 6.88. The Labute approximate surface area is 255 Å². The molecule has 10 heteroatoms. The average molecular weight is 619 g/mol.